The number of carbonyl (C=O) groups is 2. The Balaban J connectivity index is 1.60. The zero-order valence-corrected chi connectivity index (χ0v) is 18.1. The van der Waals surface area contributed by atoms with Crippen molar-refractivity contribution in [3.05, 3.63) is 82.3 Å². The summed E-state index contributed by atoms with van der Waals surface area (Å²) in [7, 11) is 1.47. The van der Waals surface area contributed by atoms with E-state index in [-0.39, 0.29) is 12.2 Å². The molecular formula is C23H19Cl2NO5. The molecule has 31 heavy (non-hydrogen) atoms. The molecule has 0 radical (unpaired) electrons. The van der Waals surface area contributed by atoms with Crippen LogP contribution < -0.4 is 14.8 Å². The third-order valence-corrected chi connectivity index (χ3v) is 4.85. The van der Waals surface area contributed by atoms with E-state index in [1.54, 1.807) is 60.7 Å². The van der Waals surface area contributed by atoms with Crippen molar-refractivity contribution in [1.82, 2.24) is 0 Å². The number of methoxy groups -OCH3 is 1. The lowest BCUT2D eigenvalue weighted by Gasteiger charge is -2.14. The number of anilines is 2. The minimum atomic E-state index is -0.716. The van der Waals surface area contributed by atoms with Gasteiger partial charge in [0.25, 0.3) is 0 Å². The van der Waals surface area contributed by atoms with Crippen LogP contribution in [0.3, 0.4) is 0 Å². The van der Waals surface area contributed by atoms with Gasteiger partial charge in [0.15, 0.2) is 18.1 Å². The fourth-order valence-electron chi connectivity index (χ4n) is 2.75. The van der Waals surface area contributed by atoms with Gasteiger partial charge in [-0.1, -0.05) is 59.6 Å². The van der Waals surface area contributed by atoms with Crippen molar-refractivity contribution in [3.63, 3.8) is 0 Å². The number of hydrogen-bond donors (Lipinski definition) is 1. The maximum absolute atomic E-state index is 12.3. The third kappa shape index (κ3) is 6.13. The first-order chi connectivity index (χ1) is 15.0. The number of nitrogens with one attached hydrogen (secondary N) is 1. The van der Waals surface area contributed by atoms with Crippen molar-refractivity contribution in [2.75, 3.05) is 19.0 Å². The van der Waals surface area contributed by atoms with Gasteiger partial charge in [-0.05, 0) is 35.9 Å². The van der Waals surface area contributed by atoms with Gasteiger partial charge in [-0.2, -0.15) is 0 Å². The second-order valence-electron chi connectivity index (χ2n) is 6.34. The lowest BCUT2D eigenvalue weighted by atomic mass is 10.1. The highest BCUT2D eigenvalue weighted by molar-refractivity contribution is 6.39. The Kier molecular flexibility index (Phi) is 7.76. The maximum Gasteiger partial charge on any atom is 0.349 e. The van der Waals surface area contributed by atoms with E-state index in [1.807, 2.05) is 6.07 Å². The van der Waals surface area contributed by atoms with Crippen LogP contribution in [0, 0.1) is 0 Å². The number of esters is 2. The Morgan fingerprint density at radius 1 is 0.839 bits per heavy atom. The Morgan fingerprint density at radius 3 is 2.19 bits per heavy atom. The zero-order chi connectivity index (χ0) is 22.2. The molecule has 0 atom stereocenters. The fraction of sp³-hybridized carbons (Fsp3) is 0.130. The van der Waals surface area contributed by atoms with Crippen LogP contribution in [-0.2, 0) is 20.7 Å². The van der Waals surface area contributed by atoms with E-state index < -0.39 is 18.5 Å². The normalized spacial score (nSPS) is 10.3. The number of para-hydroxylation sites is 4. The minimum absolute atomic E-state index is 0.0623. The molecule has 0 spiro atoms. The number of rotatable bonds is 8. The average Bonchev–Trinajstić information content (AvgIpc) is 2.76. The van der Waals surface area contributed by atoms with Crippen molar-refractivity contribution in [1.29, 1.82) is 0 Å². The van der Waals surface area contributed by atoms with E-state index in [0.29, 0.717) is 32.7 Å². The monoisotopic (exact) mass is 459 g/mol. The van der Waals surface area contributed by atoms with Crippen LogP contribution in [0.5, 0.6) is 11.5 Å². The molecule has 0 bridgehead atoms. The second kappa shape index (κ2) is 10.7. The standard InChI is InChI=1S/C23H19Cl2NO5/c1-29-19-11-4-5-12-20(19)31-22(28)14-30-21(27)13-15-7-2-3-10-18(15)26-23-16(24)8-6-9-17(23)25/h2-12,26H,13-14H2,1H3. The molecule has 0 heterocycles. The summed E-state index contributed by atoms with van der Waals surface area (Å²) in [5, 5.41) is 4.04. The summed E-state index contributed by atoms with van der Waals surface area (Å²) in [4.78, 5) is 24.3. The summed E-state index contributed by atoms with van der Waals surface area (Å²) in [6.07, 6.45) is -0.0623. The van der Waals surface area contributed by atoms with Crippen molar-refractivity contribution < 1.29 is 23.8 Å². The molecule has 0 saturated heterocycles. The van der Waals surface area contributed by atoms with Gasteiger partial charge in [0, 0.05) is 5.69 Å². The number of hydrogen-bond acceptors (Lipinski definition) is 6. The SMILES string of the molecule is COc1ccccc1OC(=O)COC(=O)Cc1ccccc1Nc1c(Cl)cccc1Cl. The largest absolute Gasteiger partial charge is 0.493 e. The maximum atomic E-state index is 12.3. The van der Waals surface area contributed by atoms with Gasteiger partial charge in [0.05, 0.1) is 29.3 Å². The van der Waals surface area contributed by atoms with Crippen LogP contribution in [0.2, 0.25) is 10.0 Å². The molecule has 0 saturated carbocycles. The molecule has 1 N–H and O–H groups in total. The predicted molar refractivity (Wildman–Crippen MR) is 119 cm³/mol. The second-order valence-corrected chi connectivity index (χ2v) is 7.16. The predicted octanol–water partition coefficient (Wildman–Crippen LogP) is 5.44. The molecule has 3 aromatic rings. The summed E-state index contributed by atoms with van der Waals surface area (Å²) in [5.41, 5.74) is 1.83. The van der Waals surface area contributed by atoms with Gasteiger partial charge in [-0.25, -0.2) is 4.79 Å². The molecule has 0 fully saturated rings. The zero-order valence-electron chi connectivity index (χ0n) is 16.6. The molecule has 0 aliphatic heterocycles. The molecule has 3 rings (SSSR count). The molecule has 6 nitrogen and oxygen atoms in total. The number of ether oxygens (including phenoxy) is 3. The molecular weight excluding hydrogens is 441 g/mol. The quantitative estimate of drug-likeness (QED) is 0.357. The smallest absolute Gasteiger partial charge is 0.349 e. The molecule has 160 valence electrons. The highest BCUT2D eigenvalue weighted by atomic mass is 35.5. The molecule has 3 aromatic carbocycles. The molecule has 0 amide bonds. The van der Waals surface area contributed by atoms with Crippen molar-refractivity contribution in [3.8, 4) is 11.5 Å². The van der Waals surface area contributed by atoms with Gasteiger partial charge in [0.2, 0.25) is 0 Å². The van der Waals surface area contributed by atoms with Crippen molar-refractivity contribution >= 4 is 46.5 Å². The molecule has 8 heteroatoms. The van der Waals surface area contributed by atoms with E-state index >= 15 is 0 Å². The summed E-state index contributed by atoms with van der Waals surface area (Å²) in [5.74, 6) is -0.652. The van der Waals surface area contributed by atoms with Crippen LogP contribution in [0.15, 0.2) is 66.7 Å². The molecule has 0 aromatic heterocycles. The fourth-order valence-corrected chi connectivity index (χ4v) is 3.24. The van der Waals surface area contributed by atoms with Crippen LogP contribution in [0.25, 0.3) is 0 Å². The van der Waals surface area contributed by atoms with E-state index in [2.05, 4.69) is 5.32 Å². The lowest BCUT2D eigenvalue weighted by Crippen LogP contribution is -2.20. The summed E-state index contributed by atoms with van der Waals surface area (Å²) in [6, 6.07) is 19.0. The van der Waals surface area contributed by atoms with Crippen LogP contribution in [0.1, 0.15) is 5.56 Å². The lowest BCUT2D eigenvalue weighted by molar-refractivity contribution is -0.153. The first kappa shape index (κ1) is 22.5. The van der Waals surface area contributed by atoms with Gasteiger partial charge in [0.1, 0.15) is 0 Å². The summed E-state index contributed by atoms with van der Waals surface area (Å²) in [6.45, 7) is -0.525. The van der Waals surface area contributed by atoms with E-state index in [4.69, 9.17) is 37.4 Å². The van der Waals surface area contributed by atoms with Crippen molar-refractivity contribution in [2.24, 2.45) is 0 Å². The van der Waals surface area contributed by atoms with Gasteiger partial charge in [-0.3, -0.25) is 4.79 Å². The van der Waals surface area contributed by atoms with Crippen molar-refractivity contribution in [2.45, 2.75) is 6.42 Å². The number of halogens is 2. The highest BCUT2D eigenvalue weighted by Gasteiger charge is 2.15. The molecule has 0 unspecified atom stereocenters. The Hall–Kier alpha value is -3.22. The Morgan fingerprint density at radius 2 is 1.48 bits per heavy atom. The first-order valence-corrected chi connectivity index (χ1v) is 10.0. The summed E-state index contributed by atoms with van der Waals surface area (Å²) >= 11 is 12.4. The van der Waals surface area contributed by atoms with Gasteiger partial charge in [-0.15, -0.1) is 0 Å². The Labute approximate surface area is 189 Å². The van der Waals surface area contributed by atoms with E-state index in [9.17, 15) is 9.59 Å². The Bertz CT molecular complexity index is 1070. The molecule has 0 aliphatic carbocycles. The van der Waals surface area contributed by atoms with Gasteiger partial charge >= 0.3 is 11.9 Å². The first-order valence-electron chi connectivity index (χ1n) is 9.26. The minimum Gasteiger partial charge on any atom is -0.493 e. The highest BCUT2D eigenvalue weighted by Crippen LogP contribution is 2.33. The molecule has 0 aliphatic rings. The van der Waals surface area contributed by atoms with E-state index in [0.717, 1.165) is 0 Å². The topological polar surface area (TPSA) is 73.9 Å². The van der Waals surface area contributed by atoms with Gasteiger partial charge < -0.3 is 19.5 Å². The van der Waals surface area contributed by atoms with Crippen LogP contribution in [-0.4, -0.2) is 25.7 Å². The van der Waals surface area contributed by atoms with Crippen LogP contribution >= 0.6 is 23.2 Å². The number of benzene rings is 3. The third-order valence-electron chi connectivity index (χ3n) is 4.22. The average molecular weight is 460 g/mol. The van der Waals surface area contributed by atoms with Crippen LogP contribution in [0.4, 0.5) is 11.4 Å². The summed E-state index contributed by atoms with van der Waals surface area (Å²) < 4.78 is 15.4. The number of carbonyl (C=O) groups excluding carboxylic acids is 2. The van der Waals surface area contributed by atoms with E-state index in [1.165, 1.54) is 7.11 Å².